The van der Waals surface area contributed by atoms with Crippen LogP contribution in [0.1, 0.15) is 32.6 Å². The molecule has 0 spiro atoms. The van der Waals surface area contributed by atoms with E-state index in [0.29, 0.717) is 0 Å². The first-order valence-electron chi connectivity index (χ1n) is 4.31. The summed E-state index contributed by atoms with van der Waals surface area (Å²) in [5.74, 6) is 0. The molecule has 0 saturated heterocycles. The van der Waals surface area contributed by atoms with Gasteiger partial charge in [0.2, 0.25) is 0 Å². The van der Waals surface area contributed by atoms with Gasteiger partial charge in [0, 0.05) is 0 Å². The molecule has 1 N–H and O–H groups in total. The normalized spacial score (nSPS) is 19.8. The lowest BCUT2D eigenvalue weighted by Gasteiger charge is -2.12. The van der Waals surface area contributed by atoms with E-state index >= 15 is 0 Å². The van der Waals surface area contributed by atoms with Crippen LogP contribution in [0.5, 0.6) is 0 Å². The van der Waals surface area contributed by atoms with E-state index in [1.807, 2.05) is 6.08 Å². The van der Waals surface area contributed by atoms with E-state index in [1.165, 1.54) is 36.8 Å². The highest BCUT2D eigenvalue weighted by atomic mass is 16.2. The molecule has 1 rings (SSSR count). The van der Waals surface area contributed by atoms with Crippen molar-refractivity contribution in [2.24, 2.45) is 0 Å². The average Bonchev–Trinajstić information content (AvgIpc) is 2.07. The number of aliphatic hydroxyl groups is 1. The van der Waals surface area contributed by atoms with Crippen LogP contribution in [0.25, 0.3) is 0 Å². The van der Waals surface area contributed by atoms with E-state index in [2.05, 4.69) is 13.0 Å². The number of allylic oxidation sites excluding steroid dienone is 3. The first-order chi connectivity index (χ1) is 5.34. The fourth-order valence-electron chi connectivity index (χ4n) is 1.46. The highest BCUT2D eigenvalue weighted by molar-refractivity contribution is 5.29. The van der Waals surface area contributed by atoms with E-state index in [-0.39, 0.29) is 6.61 Å². The molecule has 0 saturated carbocycles. The van der Waals surface area contributed by atoms with Gasteiger partial charge in [-0.3, -0.25) is 0 Å². The van der Waals surface area contributed by atoms with Crippen LogP contribution in [-0.4, -0.2) is 11.7 Å². The maximum absolute atomic E-state index is 8.66. The minimum Gasteiger partial charge on any atom is -0.392 e. The van der Waals surface area contributed by atoms with Crippen molar-refractivity contribution < 1.29 is 5.11 Å². The lowest BCUT2D eigenvalue weighted by Crippen LogP contribution is -1.93. The predicted octanol–water partition coefficient (Wildman–Crippen LogP) is 2.43. The van der Waals surface area contributed by atoms with Gasteiger partial charge in [-0.25, -0.2) is 0 Å². The van der Waals surface area contributed by atoms with Crippen molar-refractivity contribution in [1.29, 1.82) is 0 Å². The Balaban J connectivity index is 2.58. The van der Waals surface area contributed by atoms with Crippen molar-refractivity contribution in [2.45, 2.75) is 32.6 Å². The van der Waals surface area contributed by atoms with Gasteiger partial charge in [0.15, 0.2) is 0 Å². The molecular formula is C10H16O. The molecule has 1 aliphatic carbocycles. The lowest BCUT2D eigenvalue weighted by atomic mass is 9.94. The topological polar surface area (TPSA) is 20.2 Å². The molecule has 0 radical (unpaired) electrons. The van der Waals surface area contributed by atoms with E-state index < -0.39 is 0 Å². The van der Waals surface area contributed by atoms with Crippen LogP contribution in [0.2, 0.25) is 0 Å². The number of rotatable bonds is 2. The Labute approximate surface area is 68.4 Å². The third-order valence-electron chi connectivity index (χ3n) is 2.19. The first-order valence-corrected chi connectivity index (χ1v) is 4.31. The van der Waals surface area contributed by atoms with Crippen LogP contribution in [0.15, 0.2) is 23.3 Å². The van der Waals surface area contributed by atoms with E-state index in [1.54, 1.807) is 0 Å². The molecule has 0 atom stereocenters. The fourth-order valence-corrected chi connectivity index (χ4v) is 1.46. The number of aliphatic hydroxyl groups excluding tert-OH is 1. The molecule has 0 aliphatic heterocycles. The van der Waals surface area contributed by atoms with Crippen molar-refractivity contribution in [1.82, 2.24) is 0 Å². The van der Waals surface area contributed by atoms with E-state index in [0.717, 1.165) is 0 Å². The molecule has 1 aliphatic rings. The van der Waals surface area contributed by atoms with Gasteiger partial charge in [-0.15, -0.1) is 0 Å². The van der Waals surface area contributed by atoms with Gasteiger partial charge in [-0.05, 0) is 43.8 Å². The number of hydrogen-bond acceptors (Lipinski definition) is 1. The third kappa shape index (κ3) is 2.51. The van der Waals surface area contributed by atoms with Gasteiger partial charge in [-0.1, -0.05) is 12.2 Å². The summed E-state index contributed by atoms with van der Waals surface area (Å²) in [5, 5.41) is 8.66. The van der Waals surface area contributed by atoms with Crippen molar-refractivity contribution in [2.75, 3.05) is 6.61 Å². The second kappa shape index (κ2) is 4.35. The summed E-state index contributed by atoms with van der Waals surface area (Å²) in [6.45, 7) is 2.25. The van der Waals surface area contributed by atoms with Crippen molar-refractivity contribution in [3.05, 3.63) is 23.3 Å². The van der Waals surface area contributed by atoms with Crippen LogP contribution >= 0.6 is 0 Å². The predicted molar refractivity (Wildman–Crippen MR) is 47.4 cm³/mol. The van der Waals surface area contributed by atoms with Crippen LogP contribution in [0.4, 0.5) is 0 Å². The summed E-state index contributed by atoms with van der Waals surface area (Å²) in [4.78, 5) is 0. The summed E-state index contributed by atoms with van der Waals surface area (Å²) < 4.78 is 0. The van der Waals surface area contributed by atoms with Gasteiger partial charge in [-0.2, -0.15) is 0 Å². The fraction of sp³-hybridized carbons (Fsp3) is 0.600. The second-order valence-electron chi connectivity index (χ2n) is 3.04. The van der Waals surface area contributed by atoms with E-state index in [9.17, 15) is 0 Å². The Morgan fingerprint density at radius 3 is 3.00 bits per heavy atom. The lowest BCUT2D eigenvalue weighted by molar-refractivity contribution is 0.342. The van der Waals surface area contributed by atoms with Gasteiger partial charge in [0.25, 0.3) is 0 Å². The molecule has 1 nitrogen and oxygen atoms in total. The Morgan fingerprint density at radius 1 is 1.64 bits per heavy atom. The average molecular weight is 152 g/mol. The SMILES string of the molecule is C/C(=C/CO)C1=CCCCC1. The summed E-state index contributed by atoms with van der Waals surface area (Å²) in [7, 11) is 0. The summed E-state index contributed by atoms with van der Waals surface area (Å²) in [5.41, 5.74) is 2.69. The standard InChI is InChI=1S/C10H16O/c1-9(7-8-11)10-5-3-2-4-6-10/h5,7,11H,2-4,6,8H2,1H3/b9-7-. The summed E-state index contributed by atoms with van der Waals surface area (Å²) >= 11 is 0. The molecule has 0 unspecified atom stereocenters. The third-order valence-corrected chi connectivity index (χ3v) is 2.19. The van der Waals surface area contributed by atoms with Crippen LogP contribution in [-0.2, 0) is 0 Å². The molecular weight excluding hydrogens is 136 g/mol. The van der Waals surface area contributed by atoms with Gasteiger partial charge in [0.1, 0.15) is 0 Å². The molecule has 0 aromatic heterocycles. The smallest absolute Gasteiger partial charge is 0.0618 e. The zero-order chi connectivity index (χ0) is 8.10. The minimum absolute atomic E-state index is 0.170. The maximum Gasteiger partial charge on any atom is 0.0618 e. The summed E-state index contributed by atoms with van der Waals surface area (Å²) in [6, 6.07) is 0. The van der Waals surface area contributed by atoms with Crippen LogP contribution < -0.4 is 0 Å². The van der Waals surface area contributed by atoms with Gasteiger partial charge in [0.05, 0.1) is 6.61 Å². The van der Waals surface area contributed by atoms with Crippen molar-refractivity contribution in [3.63, 3.8) is 0 Å². The van der Waals surface area contributed by atoms with Crippen molar-refractivity contribution in [3.8, 4) is 0 Å². The van der Waals surface area contributed by atoms with Crippen molar-refractivity contribution >= 4 is 0 Å². The minimum atomic E-state index is 0.170. The highest BCUT2D eigenvalue weighted by Crippen LogP contribution is 2.22. The largest absolute Gasteiger partial charge is 0.392 e. The van der Waals surface area contributed by atoms with Gasteiger partial charge >= 0.3 is 0 Å². The Morgan fingerprint density at radius 2 is 2.45 bits per heavy atom. The first kappa shape index (κ1) is 8.54. The maximum atomic E-state index is 8.66. The molecule has 0 aromatic carbocycles. The molecule has 1 heteroatoms. The Hall–Kier alpha value is -0.560. The molecule has 0 heterocycles. The Kier molecular flexibility index (Phi) is 3.37. The molecule has 0 amide bonds. The molecule has 0 fully saturated rings. The quantitative estimate of drug-likeness (QED) is 0.644. The highest BCUT2D eigenvalue weighted by Gasteiger charge is 2.03. The Bertz CT molecular complexity index is 177. The van der Waals surface area contributed by atoms with Gasteiger partial charge < -0.3 is 5.11 Å². The van der Waals surface area contributed by atoms with E-state index in [4.69, 9.17) is 5.11 Å². The molecule has 11 heavy (non-hydrogen) atoms. The monoisotopic (exact) mass is 152 g/mol. The molecule has 0 aromatic rings. The number of hydrogen-bond donors (Lipinski definition) is 1. The second-order valence-corrected chi connectivity index (χ2v) is 3.04. The zero-order valence-electron chi connectivity index (χ0n) is 7.14. The molecule has 0 bridgehead atoms. The van der Waals surface area contributed by atoms with Crippen LogP contribution in [0.3, 0.4) is 0 Å². The zero-order valence-corrected chi connectivity index (χ0v) is 7.14. The summed E-state index contributed by atoms with van der Waals surface area (Å²) in [6.07, 6.45) is 9.23. The van der Waals surface area contributed by atoms with Crippen LogP contribution in [0, 0.1) is 0 Å². The molecule has 62 valence electrons.